The minimum atomic E-state index is -1.05. The first kappa shape index (κ1) is 17.2. The number of hydrogen-bond acceptors (Lipinski definition) is 5. The Hall–Kier alpha value is -0.790. The summed E-state index contributed by atoms with van der Waals surface area (Å²) < 4.78 is 5.24. The van der Waals surface area contributed by atoms with Gasteiger partial charge in [0.2, 0.25) is 6.41 Å². The monoisotopic (exact) mass is 279 g/mol. The van der Waals surface area contributed by atoms with E-state index in [2.05, 4.69) is 5.32 Å². The van der Waals surface area contributed by atoms with Gasteiger partial charge in [0, 0.05) is 5.75 Å². The first-order valence-corrected chi connectivity index (χ1v) is 6.92. The molecule has 0 aliphatic rings. The van der Waals surface area contributed by atoms with Crippen molar-refractivity contribution in [3.05, 3.63) is 0 Å². The van der Waals surface area contributed by atoms with Gasteiger partial charge in [0.15, 0.2) is 0 Å². The van der Waals surface area contributed by atoms with Crippen LogP contribution >= 0.6 is 11.8 Å². The molecule has 0 spiro atoms. The Morgan fingerprint density at radius 3 is 2.67 bits per heavy atom. The molecule has 0 fully saturated rings. The number of carboxylic acids is 1. The maximum absolute atomic E-state index is 10.7. The molecule has 0 radical (unpaired) electrons. The quantitative estimate of drug-likeness (QED) is 0.366. The van der Waals surface area contributed by atoms with Crippen LogP contribution in [0.4, 0.5) is 0 Å². The molecule has 3 N–H and O–H groups in total. The number of amides is 1. The van der Waals surface area contributed by atoms with Crippen molar-refractivity contribution in [2.75, 3.05) is 18.1 Å². The molecular formula is C11H21NO5S. The van der Waals surface area contributed by atoms with Gasteiger partial charge in [-0.1, -0.05) is 0 Å². The van der Waals surface area contributed by atoms with Gasteiger partial charge in [-0.2, -0.15) is 11.8 Å². The van der Waals surface area contributed by atoms with Gasteiger partial charge in [0.05, 0.1) is 18.8 Å². The van der Waals surface area contributed by atoms with Crippen molar-refractivity contribution < 1.29 is 24.5 Å². The third-order valence-corrected chi connectivity index (χ3v) is 3.20. The van der Waals surface area contributed by atoms with Crippen molar-refractivity contribution >= 4 is 24.1 Å². The van der Waals surface area contributed by atoms with Gasteiger partial charge in [-0.05, 0) is 26.0 Å². The smallest absolute Gasteiger partial charge is 0.326 e. The molecule has 106 valence electrons. The molecule has 0 heterocycles. The Morgan fingerprint density at radius 1 is 1.50 bits per heavy atom. The predicted molar refractivity (Wildman–Crippen MR) is 69.7 cm³/mol. The first-order chi connectivity index (χ1) is 8.47. The van der Waals surface area contributed by atoms with Gasteiger partial charge >= 0.3 is 5.97 Å². The van der Waals surface area contributed by atoms with Gasteiger partial charge in [0.1, 0.15) is 6.04 Å². The van der Waals surface area contributed by atoms with Gasteiger partial charge in [-0.3, -0.25) is 4.79 Å². The number of carboxylic acid groups (broad SMARTS) is 1. The van der Waals surface area contributed by atoms with E-state index < -0.39 is 18.1 Å². The van der Waals surface area contributed by atoms with E-state index >= 15 is 0 Å². The average molecular weight is 279 g/mol. The summed E-state index contributed by atoms with van der Waals surface area (Å²) in [6.07, 6.45) is 0.239. The largest absolute Gasteiger partial charge is 0.480 e. The van der Waals surface area contributed by atoms with E-state index in [1.165, 1.54) is 11.8 Å². The Kier molecular flexibility index (Phi) is 9.72. The summed E-state index contributed by atoms with van der Waals surface area (Å²) in [6.45, 7) is 4.06. The number of aliphatic hydroxyl groups excluding tert-OH is 1. The molecule has 1 amide bonds. The molecule has 2 atom stereocenters. The van der Waals surface area contributed by atoms with Crippen molar-refractivity contribution in [1.29, 1.82) is 0 Å². The van der Waals surface area contributed by atoms with Crippen LogP contribution in [-0.2, 0) is 14.3 Å². The highest BCUT2D eigenvalue weighted by Crippen LogP contribution is 2.08. The van der Waals surface area contributed by atoms with Crippen LogP contribution in [0.25, 0.3) is 0 Å². The number of carbonyl (C=O) groups is 2. The molecule has 0 bridgehead atoms. The van der Waals surface area contributed by atoms with Crippen molar-refractivity contribution in [2.24, 2.45) is 0 Å². The topological polar surface area (TPSA) is 95.9 Å². The second kappa shape index (κ2) is 10.2. The van der Waals surface area contributed by atoms with Crippen LogP contribution in [0.5, 0.6) is 0 Å². The lowest BCUT2D eigenvalue weighted by atomic mass is 10.2. The average Bonchev–Trinajstić information content (AvgIpc) is 2.30. The lowest BCUT2D eigenvalue weighted by Gasteiger charge is -2.14. The number of rotatable bonds is 11. The van der Waals surface area contributed by atoms with E-state index in [4.69, 9.17) is 9.84 Å². The van der Waals surface area contributed by atoms with E-state index in [-0.39, 0.29) is 12.7 Å². The molecular weight excluding hydrogens is 258 g/mol. The van der Waals surface area contributed by atoms with Crippen LogP contribution in [0.1, 0.15) is 20.3 Å². The fraction of sp³-hybridized carbons (Fsp3) is 0.818. The third-order valence-electron chi connectivity index (χ3n) is 2.05. The zero-order chi connectivity index (χ0) is 14.0. The van der Waals surface area contributed by atoms with E-state index in [0.717, 1.165) is 0 Å². The molecule has 2 unspecified atom stereocenters. The zero-order valence-electron chi connectivity index (χ0n) is 10.7. The second-order valence-corrected chi connectivity index (χ2v) is 5.22. The maximum atomic E-state index is 10.7. The van der Waals surface area contributed by atoms with Crippen molar-refractivity contribution in [3.63, 3.8) is 0 Å². The number of nitrogens with one attached hydrogen (secondary N) is 1. The highest BCUT2D eigenvalue weighted by atomic mass is 32.2. The fourth-order valence-corrected chi connectivity index (χ4v) is 2.07. The van der Waals surface area contributed by atoms with Gasteiger partial charge in [-0.15, -0.1) is 0 Å². The van der Waals surface area contributed by atoms with Crippen LogP contribution < -0.4 is 5.32 Å². The van der Waals surface area contributed by atoms with Gasteiger partial charge < -0.3 is 20.3 Å². The second-order valence-electron chi connectivity index (χ2n) is 4.07. The molecule has 0 saturated carbocycles. The Balaban J connectivity index is 3.64. The molecule has 0 aromatic carbocycles. The van der Waals surface area contributed by atoms with Crippen LogP contribution in [-0.4, -0.2) is 59.0 Å². The lowest BCUT2D eigenvalue weighted by molar-refractivity contribution is -0.140. The molecule has 0 aromatic heterocycles. The SMILES string of the molecule is CC(C)OCC(O)CSCCC(NC=O)C(=O)O. The number of hydrogen-bond donors (Lipinski definition) is 3. The van der Waals surface area contributed by atoms with Gasteiger partial charge in [-0.25, -0.2) is 4.79 Å². The minimum Gasteiger partial charge on any atom is -0.480 e. The molecule has 0 aromatic rings. The number of aliphatic hydroxyl groups is 1. The van der Waals surface area contributed by atoms with Crippen molar-refractivity contribution in [3.8, 4) is 0 Å². The van der Waals surface area contributed by atoms with E-state index in [1.54, 1.807) is 0 Å². The fourth-order valence-electron chi connectivity index (χ4n) is 1.13. The molecule has 0 aliphatic heterocycles. The summed E-state index contributed by atoms with van der Waals surface area (Å²) in [5.74, 6) is -0.0113. The Bertz CT molecular complexity index is 250. The summed E-state index contributed by atoms with van der Waals surface area (Å²) in [6, 6.07) is -0.862. The summed E-state index contributed by atoms with van der Waals surface area (Å²) in [5, 5.41) is 20.5. The molecule has 6 nitrogen and oxygen atoms in total. The molecule has 7 heteroatoms. The van der Waals surface area contributed by atoms with Crippen LogP contribution in [0.2, 0.25) is 0 Å². The van der Waals surface area contributed by atoms with Crippen LogP contribution in [0, 0.1) is 0 Å². The highest BCUT2D eigenvalue weighted by Gasteiger charge is 2.15. The molecule has 0 rings (SSSR count). The third kappa shape index (κ3) is 9.26. The highest BCUT2D eigenvalue weighted by molar-refractivity contribution is 7.99. The van der Waals surface area contributed by atoms with Crippen LogP contribution in [0.3, 0.4) is 0 Å². The standard InChI is InChI=1S/C11H21NO5S/c1-8(2)17-5-9(14)6-18-4-3-10(11(15)16)12-7-13/h7-10,14H,3-6H2,1-2H3,(H,12,13)(H,15,16). The normalized spacial score (nSPS) is 14.2. The summed E-state index contributed by atoms with van der Waals surface area (Å²) in [5.41, 5.74) is 0. The lowest BCUT2D eigenvalue weighted by Crippen LogP contribution is -2.36. The Labute approximate surface area is 111 Å². The van der Waals surface area contributed by atoms with Crippen LogP contribution in [0.15, 0.2) is 0 Å². The number of thioether (sulfide) groups is 1. The first-order valence-electron chi connectivity index (χ1n) is 5.77. The minimum absolute atomic E-state index is 0.0813. The summed E-state index contributed by atoms with van der Waals surface area (Å²) >= 11 is 1.44. The molecule has 18 heavy (non-hydrogen) atoms. The van der Waals surface area contributed by atoms with Crippen molar-refractivity contribution in [2.45, 2.75) is 38.5 Å². The van der Waals surface area contributed by atoms with E-state index in [9.17, 15) is 14.7 Å². The van der Waals surface area contributed by atoms with E-state index in [0.29, 0.717) is 24.3 Å². The zero-order valence-corrected chi connectivity index (χ0v) is 11.5. The summed E-state index contributed by atoms with van der Waals surface area (Å²) in [7, 11) is 0. The number of carbonyl (C=O) groups excluding carboxylic acids is 1. The maximum Gasteiger partial charge on any atom is 0.326 e. The number of aliphatic carboxylic acids is 1. The predicted octanol–water partition coefficient (Wildman–Crippen LogP) is 0.0948. The number of ether oxygens (including phenoxy) is 1. The molecule has 0 aliphatic carbocycles. The Morgan fingerprint density at radius 2 is 2.17 bits per heavy atom. The van der Waals surface area contributed by atoms with Gasteiger partial charge in [0.25, 0.3) is 0 Å². The summed E-state index contributed by atoms with van der Waals surface area (Å²) in [4.78, 5) is 20.9. The van der Waals surface area contributed by atoms with Crippen molar-refractivity contribution in [1.82, 2.24) is 5.32 Å². The van der Waals surface area contributed by atoms with E-state index in [1.807, 2.05) is 13.8 Å². The molecule has 0 saturated heterocycles.